The fraction of sp³-hybridized carbons (Fsp3) is 0. The number of nitrogens with zero attached hydrogens (tertiary/aromatic N) is 3. The minimum atomic E-state index is 0.962. The largest absolute Gasteiger partial charge is 0.256 e. The molecule has 0 spiro atoms. The minimum Gasteiger partial charge on any atom is -0.256 e. The Bertz CT molecular complexity index is 2710. The Morgan fingerprint density at radius 1 is 0.333 bits per heavy atom. The number of aromatic nitrogens is 3. The van der Waals surface area contributed by atoms with Gasteiger partial charge < -0.3 is 0 Å². The Morgan fingerprint density at radius 3 is 1.52 bits per heavy atom. The quantitative estimate of drug-likeness (QED) is 0.187. The average molecular weight is 610 g/mol. The lowest BCUT2D eigenvalue weighted by Crippen LogP contribution is -1.90. The molecule has 48 heavy (non-hydrogen) atoms. The van der Waals surface area contributed by atoms with Crippen molar-refractivity contribution < 1.29 is 0 Å². The van der Waals surface area contributed by atoms with Gasteiger partial charge in [0.05, 0.1) is 27.9 Å². The molecule has 3 aromatic heterocycles. The molecule has 0 fully saturated rings. The number of benzene rings is 7. The van der Waals surface area contributed by atoms with E-state index in [-0.39, 0.29) is 0 Å². The molecule has 3 heterocycles. The lowest BCUT2D eigenvalue weighted by molar-refractivity contribution is 1.40. The van der Waals surface area contributed by atoms with E-state index in [1.54, 1.807) is 0 Å². The van der Waals surface area contributed by atoms with E-state index in [2.05, 4.69) is 157 Å². The van der Waals surface area contributed by atoms with E-state index < -0.39 is 0 Å². The third-order valence-corrected chi connectivity index (χ3v) is 9.64. The van der Waals surface area contributed by atoms with Crippen LogP contribution in [0.5, 0.6) is 0 Å². The van der Waals surface area contributed by atoms with E-state index in [1.165, 1.54) is 21.5 Å². The second-order valence-electron chi connectivity index (χ2n) is 12.4. The molecule has 3 nitrogen and oxygen atoms in total. The summed E-state index contributed by atoms with van der Waals surface area (Å²) < 4.78 is 0. The number of rotatable bonds is 3. The van der Waals surface area contributed by atoms with Gasteiger partial charge in [-0.05, 0) is 92.7 Å². The molecule has 10 aromatic rings. The molecule has 0 bridgehead atoms. The summed E-state index contributed by atoms with van der Waals surface area (Å²) in [6.07, 6.45) is 1.86. The Kier molecular flexibility index (Phi) is 5.87. The van der Waals surface area contributed by atoms with Crippen LogP contribution in [0.1, 0.15) is 0 Å². The van der Waals surface area contributed by atoms with E-state index in [4.69, 9.17) is 9.97 Å². The summed E-state index contributed by atoms with van der Waals surface area (Å²) in [6, 6.07) is 56.0. The Hall–Kier alpha value is -6.45. The number of hydrogen-bond donors (Lipinski definition) is 0. The Labute approximate surface area is 276 Å². The molecule has 3 heteroatoms. The van der Waals surface area contributed by atoms with Crippen LogP contribution in [0.15, 0.2) is 164 Å². The maximum absolute atomic E-state index is 5.15. The van der Waals surface area contributed by atoms with Crippen molar-refractivity contribution in [3.63, 3.8) is 0 Å². The highest BCUT2D eigenvalue weighted by Crippen LogP contribution is 2.37. The zero-order valence-corrected chi connectivity index (χ0v) is 25.9. The predicted molar refractivity (Wildman–Crippen MR) is 201 cm³/mol. The van der Waals surface area contributed by atoms with Gasteiger partial charge in [0.2, 0.25) is 0 Å². The zero-order valence-electron chi connectivity index (χ0n) is 25.9. The molecule has 0 N–H and O–H groups in total. The van der Waals surface area contributed by atoms with Crippen molar-refractivity contribution in [2.24, 2.45) is 0 Å². The molecule has 7 aromatic carbocycles. The van der Waals surface area contributed by atoms with Crippen molar-refractivity contribution >= 4 is 65.0 Å². The smallest absolute Gasteiger partial charge is 0.0780 e. The highest BCUT2D eigenvalue weighted by Gasteiger charge is 2.13. The Morgan fingerprint density at radius 2 is 0.854 bits per heavy atom. The molecule has 0 saturated heterocycles. The highest BCUT2D eigenvalue weighted by molar-refractivity contribution is 6.14. The van der Waals surface area contributed by atoms with Crippen LogP contribution >= 0.6 is 0 Å². The summed E-state index contributed by atoms with van der Waals surface area (Å²) in [5, 5.41) is 10.6. The van der Waals surface area contributed by atoms with Crippen molar-refractivity contribution in [3.05, 3.63) is 164 Å². The third-order valence-electron chi connectivity index (χ3n) is 9.64. The van der Waals surface area contributed by atoms with E-state index in [9.17, 15) is 0 Å². The predicted octanol–water partition coefficient (Wildman–Crippen LogP) is 11.8. The molecule has 0 unspecified atom stereocenters. The van der Waals surface area contributed by atoms with Gasteiger partial charge in [-0.15, -0.1) is 0 Å². The second kappa shape index (κ2) is 10.5. The lowest BCUT2D eigenvalue weighted by Gasteiger charge is -2.12. The van der Waals surface area contributed by atoms with Crippen molar-refractivity contribution in [1.82, 2.24) is 15.0 Å². The van der Waals surface area contributed by atoms with Gasteiger partial charge in [0, 0.05) is 38.9 Å². The van der Waals surface area contributed by atoms with Crippen LogP contribution in [-0.2, 0) is 0 Å². The average Bonchev–Trinajstić information content (AvgIpc) is 3.16. The zero-order chi connectivity index (χ0) is 31.6. The van der Waals surface area contributed by atoms with E-state index in [0.717, 1.165) is 77.1 Å². The van der Waals surface area contributed by atoms with Gasteiger partial charge in [-0.1, -0.05) is 103 Å². The number of hydrogen-bond acceptors (Lipinski definition) is 3. The SMILES string of the molecule is c1ccc2c(c1)cc(-c1ccc3cc(-c4ccc5nc(-c6cc7cccnc7c7ccccc67)ccc5c4)ccc3n1)c1ccccc12. The van der Waals surface area contributed by atoms with Gasteiger partial charge in [-0.25, -0.2) is 9.97 Å². The normalized spacial score (nSPS) is 11.8. The molecular formula is C45H27N3. The molecule has 0 aliphatic rings. The topological polar surface area (TPSA) is 38.7 Å². The highest BCUT2D eigenvalue weighted by atomic mass is 14.7. The maximum atomic E-state index is 5.15. The van der Waals surface area contributed by atoms with Crippen LogP contribution in [0.3, 0.4) is 0 Å². The van der Waals surface area contributed by atoms with E-state index >= 15 is 0 Å². The van der Waals surface area contributed by atoms with Crippen molar-refractivity contribution in [2.45, 2.75) is 0 Å². The standard InChI is InChI=1S/C45H27N3/c1-2-10-34-30(8-1)26-39(36-12-4-3-11-35(34)36)43-21-17-31-24-28(15-19-41(31)47-43)29-16-20-42-32(25-29)18-22-44(48-42)40-27-33-9-7-23-46-45(33)38-14-6-5-13-37(38)40/h1-27H. The second-order valence-corrected chi connectivity index (χ2v) is 12.4. The van der Waals surface area contributed by atoms with E-state index in [1.807, 2.05) is 12.3 Å². The fourth-order valence-corrected chi connectivity index (χ4v) is 7.31. The first-order valence-corrected chi connectivity index (χ1v) is 16.3. The molecular weight excluding hydrogens is 583 g/mol. The number of pyridine rings is 3. The first-order chi connectivity index (χ1) is 23.8. The van der Waals surface area contributed by atoms with Crippen LogP contribution in [0, 0.1) is 0 Å². The fourth-order valence-electron chi connectivity index (χ4n) is 7.31. The summed E-state index contributed by atoms with van der Waals surface area (Å²) in [7, 11) is 0. The molecule has 0 saturated carbocycles. The molecule has 0 radical (unpaired) electrons. The summed E-state index contributed by atoms with van der Waals surface area (Å²) in [5.41, 5.74) is 9.52. The molecule has 0 aliphatic heterocycles. The van der Waals surface area contributed by atoms with Gasteiger partial charge in [-0.2, -0.15) is 0 Å². The molecule has 222 valence electrons. The lowest BCUT2D eigenvalue weighted by atomic mass is 9.95. The molecule has 0 amide bonds. The van der Waals surface area contributed by atoms with E-state index in [0.29, 0.717) is 0 Å². The van der Waals surface area contributed by atoms with Gasteiger partial charge in [0.25, 0.3) is 0 Å². The van der Waals surface area contributed by atoms with Crippen LogP contribution in [-0.4, -0.2) is 15.0 Å². The third kappa shape index (κ3) is 4.25. The van der Waals surface area contributed by atoms with Crippen LogP contribution in [0.4, 0.5) is 0 Å². The molecule has 0 atom stereocenters. The summed E-state index contributed by atoms with van der Waals surface area (Å²) >= 11 is 0. The molecule has 0 aliphatic carbocycles. The minimum absolute atomic E-state index is 0.962. The molecule has 10 rings (SSSR count). The summed E-state index contributed by atoms with van der Waals surface area (Å²) in [6.45, 7) is 0. The summed E-state index contributed by atoms with van der Waals surface area (Å²) in [4.78, 5) is 15.0. The summed E-state index contributed by atoms with van der Waals surface area (Å²) in [5.74, 6) is 0. The van der Waals surface area contributed by atoms with Gasteiger partial charge in [-0.3, -0.25) is 4.98 Å². The Balaban J connectivity index is 1.02. The van der Waals surface area contributed by atoms with Crippen LogP contribution < -0.4 is 0 Å². The van der Waals surface area contributed by atoms with Gasteiger partial charge in [0.1, 0.15) is 0 Å². The van der Waals surface area contributed by atoms with Crippen LogP contribution in [0.25, 0.3) is 98.7 Å². The van der Waals surface area contributed by atoms with Gasteiger partial charge in [0.15, 0.2) is 0 Å². The van der Waals surface area contributed by atoms with Crippen LogP contribution in [0.2, 0.25) is 0 Å². The van der Waals surface area contributed by atoms with Crippen molar-refractivity contribution in [1.29, 1.82) is 0 Å². The van der Waals surface area contributed by atoms with Crippen molar-refractivity contribution in [3.8, 4) is 33.6 Å². The maximum Gasteiger partial charge on any atom is 0.0780 e. The first-order valence-electron chi connectivity index (χ1n) is 16.3. The first kappa shape index (κ1) is 26.7. The monoisotopic (exact) mass is 609 g/mol. The number of fused-ring (bicyclic) bond motifs is 8. The van der Waals surface area contributed by atoms with Crippen molar-refractivity contribution in [2.75, 3.05) is 0 Å². The van der Waals surface area contributed by atoms with Gasteiger partial charge >= 0.3 is 0 Å².